The Kier molecular flexibility index (Phi) is 4.04. The summed E-state index contributed by atoms with van der Waals surface area (Å²) in [7, 11) is 1.37. The summed E-state index contributed by atoms with van der Waals surface area (Å²) in [5, 5.41) is 10.1. The molecule has 0 aliphatic heterocycles. The van der Waals surface area contributed by atoms with Gasteiger partial charge in [-0.3, -0.25) is 10.1 Å². The van der Waals surface area contributed by atoms with Crippen LogP contribution >= 0.6 is 0 Å². The first-order chi connectivity index (χ1) is 7.67. The minimum absolute atomic E-state index is 0.138. The van der Waals surface area contributed by atoms with E-state index >= 15 is 0 Å². The van der Waals surface area contributed by atoms with E-state index in [0.717, 1.165) is 6.08 Å². The molecular weight excluding hydrogens is 211 g/mol. The van der Waals surface area contributed by atoms with Crippen LogP contribution in [-0.2, 0) is 4.79 Å². The van der Waals surface area contributed by atoms with E-state index < -0.39 is 11.7 Å². The van der Waals surface area contributed by atoms with Crippen LogP contribution in [0.25, 0.3) is 6.08 Å². The van der Waals surface area contributed by atoms with Crippen LogP contribution in [0.15, 0.2) is 24.3 Å². The quantitative estimate of drug-likeness (QED) is 0.476. The highest BCUT2D eigenvalue weighted by molar-refractivity contribution is 5.92. The smallest absolute Gasteiger partial charge is 0.256 e. The lowest BCUT2D eigenvalue weighted by molar-refractivity contribution is -0.115. The Morgan fingerprint density at radius 2 is 2.38 bits per heavy atom. The minimum atomic E-state index is -0.557. The van der Waals surface area contributed by atoms with Crippen molar-refractivity contribution in [3.05, 3.63) is 35.7 Å². The van der Waals surface area contributed by atoms with Gasteiger partial charge in [-0.15, -0.1) is 0 Å². The lowest BCUT2D eigenvalue weighted by Crippen LogP contribution is -2.13. The SMILES string of the molecule is COc1ccc(C=CC(=O)NC#N)cc1F. The van der Waals surface area contributed by atoms with Crippen LogP contribution in [0.3, 0.4) is 0 Å². The second kappa shape index (κ2) is 5.51. The molecule has 4 nitrogen and oxygen atoms in total. The van der Waals surface area contributed by atoms with Gasteiger partial charge in [0.05, 0.1) is 7.11 Å². The summed E-state index contributed by atoms with van der Waals surface area (Å²) in [5.41, 5.74) is 0.506. The molecule has 0 heterocycles. The molecule has 0 aliphatic carbocycles. The maximum absolute atomic E-state index is 13.2. The van der Waals surface area contributed by atoms with E-state index in [1.54, 1.807) is 6.07 Å². The number of carbonyl (C=O) groups is 1. The minimum Gasteiger partial charge on any atom is -0.494 e. The Bertz CT molecular complexity index is 464. The van der Waals surface area contributed by atoms with E-state index in [9.17, 15) is 9.18 Å². The van der Waals surface area contributed by atoms with Gasteiger partial charge in [0, 0.05) is 6.08 Å². The normalized spacial score (nSPS) is 9.81. The van der Waals surface area contributed by atoms with Crippen molar-refractivity contribution < 1.29 is 13.9 Å². The molecule has 0 spiro atoms. The number of hydrogen-bond donors (Lipinski definition) is 1. The van der Waals surface area contributed by atoms with E-state index in [2.05, 4.69) is 0 Å². The molecule has 0 saturated heterocycles. The lowest BCUT2D eigenvalue weighted by atomic mass is 10.2. The maximum Gasteiger partial charge on any atom is 0.256 e. The molecule has 1 aromatic carbocycles. The van der Waals surface area contributed by atoms with Gasteiger partial charge >= 0.3 is 0 Å². The average Bonchev–Trinajstić information content (AvgIpc) is 2.27. The van der Waals surface area contributed by atoms with Crippen LogP contribution in [0.2, 0.25) is 0 Å². The number of methoxy groups -OCH3 is 1. The maximum atomic E-state index is 13.2. The van der Waals surface area contributed by atoms with Crippen LogP contribution in [0.5, 0.6) is 5.75 Å². The Morgan fingerprint density at radius 1 is 1.62 bits per heavy atom. The number of nitriles is 1. The van der Waals surface area contributed by atoms with Crippen molar-refractivity contribution in [3.63, 3.8) is 0 Å². The number of ether oxygens (including phenoxy) is 1. The predicted molar refractivity (Wildman–Crippen MR) is 55.7 cm³/mol. The van der Waals surface area contributed by atoms with Crippen LogP contribution in [0, 0.1) is 17.3 Å². The fraction of sp³-hybridized carbons (Fsp3) is 0.0909. The van der Waals surface area contributed by atoms with E-state index in [-0.39, 0.29) is 5.75 Å². The number of halogens is 1. The molecule has 0 saturated carbocycles. The van der Waals surface area contributed by atoms with E-state index in [0.29, 0.717) is 5.56 Å². The molecule has 0 radical (unpaired) electrons. The molecule has 1 N–H and O–H groups in total. The monoisotopic (exact) mass is 220 g/mol. The summed E-state index contributed by atoms with van der Waals surface area (Å²) < 4.78 is 18.0. The first-order valence-electron chi connectivity index (χ1n) is 4.38. The highest BCUT2D eigenvalue weighted by Crippen LogP contribution is 2.18. The van der Waals surface area contributed by atoms with E-state index in [1.807, 2.05) is 5.32 Å². The fourth-order valence-electron chi connectivity index (χ4n) is 1.05. The van der Waals surface area contributed by atoms with Crippen LogP contribution in [0.1, 0.15) is 5.56 Å². The summed E-state index contributed by atoms with van der Waals surface area (Å²) in [6, 6.07) is 4.28. The number of carbonyl (C=O) groups excluding carboxylic acids is 1. The molecule has 0 atom stereocenters. The molecule has 1 aromatic rings. The molecule has 5 heteroatoms. The summed E-state index contributed by atoms with van der Waals surface area (Å²) >= 11 is 0. The number of hydrogen-bond acceptors (Lipinski definition) is 3. The molecule has 82 valence electrons. The fourth-order valence-corrected chi connectivity index (χ4v) is 1.05. The standard InChI is InChI=1S/C11H9FN2O2/c1-16-10-4-2-8(6-9(10)12)3-5-11(15)14-7-13/h2-6H,1H3,(H,14,15). The lowest BCUT2D eigenvalue weighted by Gasteiger charge is -2.01. The molecule has 0 aliphatic rings. The van der Waals surface area contributed by atoms with Gasteiger partial charge in [0.25, 0.3) is 5.91 Å². The number of amides is 1. The highest BCUT2D eigenvalue weighted by Gasteiger charge is 2.01. The van der Waals surface area contributed by atoms with E-state index in [4.69, 9.17) is 10.00 Å². The summed E-state index contributed by atoms with van der Waals surface area (Å²) in [6.07, 6.45) is 4.03. The van der Waals surface area contributed by atoms with Gasteiger partial charge in [-0.05, 0) is 23.8 Å². The zero-order valence-electron chi connectivity index (χ0n) is 8.53. The first kappa shape index (κ1) is 11.7. The molecular formula is C11H9FN2O2. The molecule has 0 aromatic heterocycles. The van der Waals surface area contributed by atoms with Crippen LogP contribution in [-0.4, -0.2) is 13.0 Å². The summed E-state index contributed by atoms with van der Waals surface area (Å²) in [6.45, 7) is 0. The number of benzene rings is 1. The third-order valence-electron chi connectivity index (χ3n) is 1.78. The van der Waals surface area contributed by atoms with Gasteiger partial charge in [-0.1, -0.05) is 6.07 Å². The second-order valence-corrected chi connectivity index (χ2v) is 2.83. The second-order valence-electron chi connectivity index (χ2n) is 2.83. The van der Waals surface area contributed by atoms with Gasteiger partial charge in [-0.2, -0.15) is 5.26 Å². The molecule has 0 bridgehead atoms. The van der Waals surface area contributed by atoms with E-state index in [1.165, 1.54) is 31.5 Å². The topological polar surface area (TPSA) is 62.1 Å². The summed E-state index contributed by atoms with van der Waals surface area (Å²) in [5.74, 6) is -0.928. The number of nitrogens with one attached hydrogen (secondary N) is 1. The Hall–Kier alpha value is -2.35. The van der Waals surface area contributed by atoms with Gasteiger partial charge in [0.1, 0.15) is 0 Å². The Balaban J connectivity index is 2.80. The zero-order chi connectivity index (χ0) is 12.0. The predicted octanol–water partition coefficient (Wildman–Crippen LogP) is 1.44. The first-order valence-corrected chi connectivity index (χ1v) is 4.38. The average molecular weight is 220 g/mol. The van der Waals surface area contributed by atoms with Crippen molar-refractivity contribution >= 4 is 12.0 Å². The number of rotatable bonds is 3. The van der Waals surface area contributed by atoms with Crippen molar-refractivity contribution in [1.29, 1.82) is 5.26 Å². The van der Waals surface area contributed by atoms with Crippen molar-refractivity contribution in [1.82, 2.24) is 5.32 Å². The molecule has 0 unspecified atom stereocenters. The van der Waals surface area contributed by atoms with Crippen LogP contribution < -0.4 is 10.1 Å². The van der Waals surface area contributed by atoms with Crippen molar-refractivity contribution in [2.45, 2.75) is 0 Å². The van der Waals surface area contributed by atoms with Gasteiger partial charge < -0.3 is 4.74 Å². The highest BCUT2D eigenvalue weighted by atomic mass is 19.1. The largest absolute Gasteiger partial charge is 0.494 e. The molecule has 1 rings (SSSR count). The van der Waals surface area contributed by atoms with Crippen molar-refractivity contribution in [3.8, 4) is 11.9 Å². The van der Waals surface area contributed by atoms with Gasteiger partial charge in [0.2, 0.25) is 0 Å². The molecule has 1 amide bonds. The van der Waals surface area contributed by atoms with Crippen LogP contribution in [0.4, 0.5) is 4.39 Å². The van der Waals surface area contributed by atoms with Gasteiger partial charge in [0.15, 0.2) is 17.8 Å². The van der Waals surface area contributed by atoms with Crippen molar-refractivity contribution in [2.75, 3.05) is 7.11 Å². The number of nitrogens with zero attached hydrogens (tertiary/aromatic N) is 1. The van der Waals surface area contributed by atoms with Crippen molar-refractivity contribution in [2.24, 2.45) is 0 Å². The third kappa shape index (κ3) is 3.10. The molecule has 0 fully saturated rings. The Morgan fingerprint density at radius 3 is 2.94 bits per heavy atom. The molecule has 16 heavy (non-hydrogen) atoms. The van der Waals surface area contributed by atoms with Gasteiger partial charge in [-0.25, -0.2) is 4.39 Å². The zero-order valence-corrected chi connectivity index (χ0v) is 8.53. The summed E-state index contributed by atoms with van der Waals surface area (Å²) in [4.78, 5) is 10.9. The Labute approximate surface area is 91.9 Å². The third-order valence-corrected chi connectivity index (χ3v) is 1.78.